The van der Waals surface area contributed by atoms with Gasteiger partial charge < -0.3 is 4.74 Å². The SMILES string of the molecule is Cc1ccc2c(c1)CC(CC(CCl)(CCl)CC(C)C)O2. The molecular weight excluding hydrogens is 291 g/mol. The number of hydrogen-bond acceptors (Lipinski definition) is 1. The normalized spacial score (nSPS) is 18.2. The molecule has 112 valence electrons. The molecule has 0 aromatic heterocycles. The van der Waals surface area contributed by atoms with Gasteiger partial charge in [0.15, 0.2) is 0 Å². The molecule has 2 rings (SSSR count). The second-order valence-electron chi connectivity index (χ2n) is 6.62. The lowest BCUT2D eigenvalue weighted by atomic mass is 9.78. The lowest BCUT2D eigenvalue weighted by Crippen LogP contribution is -2.33. The highest BCUT2D eigenvalue weighted by molar-refractivity contribution is 6.21. The van der Waals surface area contributed by atoms with Crippen molar-refractivity contribution in [2.45, 2.75) is 46.1 Å². The number of fused-ring (bicyclic) bond motifs is 1. The molecule has 3 heteroatoms. The van der Waals surface area contributed by atoms with Gasteiger partial charge in [0.1, 0.15) is 11.9 Å². The Morgan fingerprint density at radius 1 is 1.30 bits per heavy atom. The zero-order chi connectivity index (χ0) is 14.8. The zero-order valence-corrected chi connectivity index (χ0v) is 14.1. The monoisotopic (exact) mass is 314 g/mol. The summed E-state index contributed by atoms with van der Waals surface area (Å²) < 4.78 is 6.09. The summed E-state index contributed by atoms with van der Waals surface area (Å²) in [5, 5.41) is 0. The minimum Gasteiger partial charge on any atom is -0.490 e. The number of aryl methyl sites for hydroxylation is 1. The van der Waals surface area contributed by atoms with E-state index in [0.717, 1.165) is 25.0 Å². The largest absolute Gasteiger partial charge is 0.490 e. The molecule has 0 amide bonds. The summed E-state index contributed by atoms with van der Waals surface area (Å²) in [6, 6.07) is 6.41. The van der Waals surface area contributed by atoms with Crippen LogP contribution in [0.5, 0.6) is 5.75 Å². The van der Waals surface area contributed by atoms with Crippen LogP contribution in [0.25, 0.3) is 0 Å². The van der Waals surface area contributed by atoms with Gasteiger partial charge in [-0.05, 0) is 37.3 Å². The van der Waals surface area contributed by atoms with Crippen LogP contribution in [0.2, 0.25) is 0 Å². The summed E-state index contributed by atoms with van der Waals surface area (Å²) in [6.45, 7) is 6.57. The maximum atomic E-state index is 6.24. The number of alkyl halides is 2. The van der Waals surface area contributed by atoms with E-state index in [2.05, 4.69) is 39.0 Å². The molecule has 0 spiro atoms. The first kappa shape index (κ1) is 16.0. The van der Waals surface area contributed by atoms with Crippen LogP contribution in [0, 0.1) is 18.3 Å². The molecule has 1 nitrogen and oxygen atoms in total. The first-order valence-corrected chi connectivity index (χ1v) is 8.43. The zero-order valence-electron chi connectivity index (χ0n) is 12.6. The third-order valence-electron chi connectivity index (χ3n) is 4.03. The summed E-state index contributed by atoms with van der Waals surface area (Å²) in [5.41, 5.74) is 2.59. The van der Waals surface area contributed by atoms with Gasteiger partial charge in [-0.1, -0.05) is 31.5 Å². The van der Waals surface area contributed by atoms with Crippen LogP contribution >= 0.6 is 23.2 Å². The van der Waals surface area contributed by atoms with Crippen LogP contribution in [0.15, 0.2) is 18.2 Å². The highest BCUT2D eigenvalue weighted by Gasteiger charge is 2.35. The van der Waals surface area contributed by atoms with Crippen molar-refractivity contribution in [3.05, 3.63) is 29.3 Å². The van der Waals surface area contributed by atoms with Gasteiger partial charge in [-0.15, -0.1) is 23.2 Å². The molecule has 1 atom stereocenters. The van der Waals surface area contributed by atoms with Crippen molar-refractivity contribution in [1.29, 1.82) is 0 Å². The average Bonchev–Trinajstić information content (AvgIpc) is 2.78. The van der Waals surface area contributed by atoms with E-state index in [0.29, 0.717) is 17.7 Å². The van der Waals surface area contributed by atoms with Crippen LogP contribution in [-0.4, -0.2) is 17.9 Å². The van der Waals surface area contributed by atoms with Crippen molar-refractivity contribution >= 4 is 23.2 Å². The number of rotatable bonds is 6. The van der Waals surface area contributed by atoms with Crippen molar-refractivity contribution in [2.24, 2.45) is 11.3 Å². The second-order valence-corrected chi connectivity index (χ2v) is 7.16. The molecule has 0 saturated carbocycles. The minimum atomic E-state index is -0.0148. The van der Waals surface area contributed by atoms with E-state index in [1.807, 2.05) is 0 Å². The first-order valence-electron chi connectivity index (χ1n) is 7.36. The quantitative estimate of drug-likeness (QED) is 0.656. The fourth-order valence-corrected chi connectivity index (χ4v) is 3.97. The average molecular weight is 315 g/mol. The van der Waals surface area contributed by atoms with Gasteiger partial charge >= 0.3 is 0 Å². The van der Waals surface area contributed by atoms with E-state index in [1.165, 1.54) is 11.1 Å². The number of hydrogen-bond donors (Lipinski definition) is 0. The number of halogens is 2. The van der Waals surface area contributed by atoms with E-state index in [-0.39, 0.29) is 11.5 Å². The summed E-state index contributed by atoms with van der Waals surface area (Å²) in [4.78, 5) is 0. The van der Waals surface area contributed by atoms with E-state index >= 15 is 0 Å². The van der Waals surface area contributed by atoms with Crippen molar-refractivity contribution in [3.63, 3.8) is 0 Å². The van der Waals surface area contributed by atoms with E-state index in [1.54, 1.807) is 0 Å². The molecule has 0 fully saturated rings. The molecule has 1 unspecified atom stereocenters. The molecule has 1 heterocycles. The molecule has 1 aromatic carbocycles. The van der Waals surface area contributed by atoms with E-state index < -0.39 is 0 Å². The van der Waals surface area contributed by atoms with Crippen LogP contribution in [0.3, 0.4) is 0 Å². The van der Waals surface area contributed by atoms with Gasteiger partial charge in [-0.2, -0.15) is 0 Å². The minimum absolute atomic E-state index is 0.0148. The van der Waals surface area contributed by atoms with Crippen molar-refractivity contribution in [3.8, 4) is 5.75 Å². The highest BCUT2D eigenvalue weighted by Crippen LogP contribution is 2.39. The van der Waals surface area contributed by atoms with Crippen molar-refractivity contribution in [1.82, 2.24) is 0 Å². The smallest absolute Gasteiger partial charge is 0.123 e. The van der Waals surface area contributed by atoms with Crippen LogP contribution in [0.4, 0.5) is 0 Å². The Morgan fingerprint density at radius 3 is 2.60 bits per heavy atom. The molecule has 0 bridgehead atoms. The first-order chi connectivity index (χ1) is 9.48. The highest BCUT2D eigenvalue weighted by atomic mass is 35.5. The summed E-state index contributed by atoms with van der Waals surface area (Å²) in [6.07, 6.45) is 3.18. The van der Waals surface area contributed by atoms with Crippen LogP contribution < -0.4 is 4.74 Å². The molecule has 0 aliphatic carbocycles. The molecule has 1 aromatic rings. The predicted octanol–water partition coefficient (Wildman–Crippen LogP) is 5.20. The molecule has 1 aliphatic heterocycles. The third-order valence-corrected chi connectivity index (χ3v) is 5.16. The Balaban J connectivity index is 2.07. The fourth-order valence-electron chi connectivity index (χ4n) is 3.25. The third kappa shape index (κ3) is 3.62. The molecule has 0 N–H and O–H groups in total. The molecule has 20 heavy (non-hydrogen) atoms. The Morgan fingerprint density at radius 2 is 2.00 bits per heavy atom. The predicted molar refractivity (Wildman–Crippen MR) is 87.2 cm³/mol. The van der Waals surface area contributed by atoms with Crippen molar-refractivity contribution in [2.75, 3.05) is 11.8 Å². The lowest BCUT2D eigenvalue weighted by Gasteiger charge is -2.33. The van der Waals surface area contributed by atoms with Crippen LogP contribution in [0.1, 0.15) is 37.8 Å². The summed E-state index contributed by atoms with van der Waals surface area (Å²) in [7, 11) is 0. The topological polar surface area (TPSA) is 9.23 Å². The Bertz CT molecular complexity index is 452. The van der Waals surface area contributed by atoms with Gasteiger partial charge in [0.25, 0.3) is 0 Å². The Kier molecular flexibility index (Phi) is 5.25. The molecule has 0 saturated heterocycles. The van der Waals surface area contributed by atoms with Crippen molar-refractivity contribution < 1.29 is 4.74 Å². The summed E-state index contributed by atoms with van der Waals surface area (Å²) >= 11 is 12.5. The summed E-state index contributed by atoms with van der Waals surface area (Å²) in [5.74, 6) is 2.83. The molecular formula is C17H24Cl2O. The van der Waals surface area contributed by atoms with Gasteiger partial charge in [0.2, 0.25) is 0 Å². The van der Waals surface area contributed by atoms with Gasteiger partial charge in [-0.25, -0.2) is 0 Å². The van der Waals surface area contributed by atoms with E-state index in [9.17, 15) is 0 Å². The van der Waals surface area contributed by atoms with Gasteiger partial charge in [0.05, 0.1) is 0 Å². The number of ether oxygens (including phenoxy) is 1. The standard InChI is InChI=1S/C17H24Cl2O/c1-12(2)8-17(10-18,11-19)9-15-7-14-6-13(3)4-5-16(14)20-15/h4-6,12,15H,7-11H2,1-3H3. The Labute approximate surface area is 132 Å². The second kappa shape index (κ2) is 6.58. The van der Waals surface area contributed by atoms with Gasteiger partial charge in [0, 0.05) is 23.6 Å². The molecule has 0 radical (unpaired) electrons. The van der Waals surface area contributed by atoms with Crippen LogP contribution in [-0.2, 0) is 6.42 Å². The maximum absolute atomic E-state index is 6.24. The van der Waals surface area contributed by atoms with Gasteiger partial charge in [-0.3, -0.25) is 0 Å². The Hall–Kier alpha value is -0.400. The van der Waals surface area contributed by atoms with E-state index in [4.69, 9.17) is 27.9 Å². The fraction of sp³-hybridized carbons (Fsp3) is 0.647. The number of benzene rings is 1. The lowest BCUT2D eigenvalue weighted by molar-refractivity contribution is 0.144. The molecule has 1 aliphatic rings. The maximum Gasteiger partial charge on any atom is 0.123 e.